The maximum absolute atomic E-state index is 12.3. The van der Waals surface area contributed by atoms with E-state index in [0.29, 0.717) is 18.8 Å². The molecule has 1 aromatic heterocycles. The van der Waals surface area contributed by atoms with Crippen LogP contribution in [0.15, 0.2) is 47.9 Å². The van der Waals surface area contributed by atoms with Gasteiger partial charge in [-0.1, -0.05) is 0 Å². The molecule has 0 atom stereocenters. The van der Waals surface area contributed by atoms with Crippen LogP contribution in [0.4, 0.5) is 14.5 Å². The van der Waals surface area contributed by atoms with E-state index >= 15 is 0 Å². The standard InChI is InChI=1S/C12H13F2N3O2S/c13-12(14)20(18,19)11-3-1-10(2-4-11)16-6-8-17-7-5-15-9-17/h1-5,7,9,12,16H,6,8H2. The van der Waals surface area contributed by atoms with Crippen LogP contribution in [-0.2, 0) is 16.4 Å². The molecule has 2 aromatic rings. The second-order valence-corrected chi connectivity index (χ2v) is 5.98. The first kappa shape index (κ1) is 14.4. The van der Waals surface area contributed by atoms with Crippen molar-refractivity contribution in [1.29, 1.82) is 0 Å². The predicted octanol–water partition coefficient (Wildman–Crippen LogP) is 1.99. The maximum atomic E-state index is 12.3. The number of alkyl halides is 2. The summed E-state index contributed by atoms with van der Waals surface area (Å²) in [5.41, 5.74) is 0.665. The van der Waals surface area contributed by atoms with Crippen LogP contribution in [0.5, 0.6) is 0 Å². The van der Waals surface area contributed by atoms with Gasteiger partial charge >= 0.3 is 5.76 Å². The Labute approximate surface area is 115 Å². The van der Waals surface area contributed by atoms with Crippen molar-refractivity contribution in [3.63, 3.8) is 0 Å². The molecule has 0 aliphatic carbocycles. The van der Waals surface area contributed by atoms with E-state index in [1.54, 1.807) is 12.5 Å². The minimum atomic E-state index is -4.52. The van der Waals surface area contributed by atoms with E-state index in [4.69, 9.17) is 0 Å². The van der Waals surface area contributed by atoms with Crippen molar-refractivity contribution in [3.05, 3.63) is 43.0 Å². The summed E-state index contributed by atoms with van der Waals surface area (Å²) in [6.45, 7) is 1.30. The summed E-state index contributed by atoms with van der Waals surface area (Å²) < 4.78 is 49.0. The van der Waals surface area contributed by atoms with Gasteiger partial charge in [0.05, 0.1) is 11.2 Å². The molecule has 0 amide bonds. The molecular formula is C12H13F2N3O2S. The molecule has 20 heavy (non-hydrogen) atoms. The molecule has 0 aliphatic rings. The molecule has 0 bridgehead atoms. The van der Waals surface area contributed by atoms with Gasteiger partial charge in [-0.2, -0.15) is 8.78 Å². The van der Waals surface area contributed by atoms with E-state index in [-0.39, 0.29) is 4.90 Å². The van der Waals surface area contributed by atoms with E-state index in [9.17, 15) is 17.2 Å². The number of hydrogen-bond acceptors (Lipinski definition) is 4. The van der Waals surface area contributed by atoms with Crippen LogP contribution in [0.2, 0.25) is 0 Å². The van der Waals surface area contributed by atoms with Gasteiger partial charge < -0.3 is 9.88 Å². The monoisotopic (exact) mass is 301 g/mol. The van der Waals surface area contributed by atoms with Crippen LogP contribution in [0.3, 0.4) is 0 Å². The minimum absolute atomic E-state index is 0.382. The zero-order chi connectivity index (χ0) is 14.6. The van der Waals surface area contributed by atoms with Crippen molar-refractivity contribution in [1.82, 2.24) is 9.55 Å². The summed E-state index contributed by atoms with van der Waals surface area (Å²) >= 11 is 0. The quantitative estimate of drug-likeness (QED) is 0.886. The fourth-order valence-electron chi connectivity index (χ4n) is 1.61. The molecule has 8 heteroatoms. The van der Waals surface area contributed by atoms with Crippen molar-refractivity contribution >= 4 is 15.5 Å². The van der Waals surface area contributed by atoms with Crippen LogP contribution in [0.25, 0.3) is 0 Å². The molecule has 1 aromatic carbocycles. The molecule has 5 nitrogen and oxygen atoms in total. The molecule has 2 rings (SSSR count). The predicted molar refractivity (Wildman–Crippen MR) is 70.3 cm³/mol. The van der Waals surface area contributed by atoms with Crippen LogP contribution in [0.1, 0.15) is 0 Å². The lowest BCUT2D eigenvalue weighted by molar-refractivity contribution is 0.234. The second kappa shape index (κ2) is 6.00. The lowest BCUT2D eigenvalue weighted by atomic mass is 10.3. The Hall–Kier alpha value is -1.96. The SMILES string of the molecule is O=S(=O)(c1ccc(NCCn2ccnc2)cc1)C(F)F. The van der Waals surface area contributed by atoms with Crippen LogP contribution >= 0.6 is 0 Å². The number of benzene rings is 1. The lowest BCUT2D eigenvalue weighted by Gasteiger charge is -2.08. The smallest absolute Gasteiger partial charge is 0.341 e. The molecule has 1 heterocycles. The Kier molecular flexibility index (Phi) is 4.33. The number of anilines is 1. The number of nitrogens with one attached hydrogen (secondary N) is 1. The van der Waals surface area contributed by atoms with Crippen molar-refractivity contribution in [2.45, 2.75) is 17.2 Å². The first-order chi connectivity index (χ1) is 9.50. The van der Waals surface area contributed by atoms with Crippen LogP contribution in [0, 0.1) is 0 Å². The van der Waals surface area contributed by atoms with Crippen LogP contribution < -0.4 is 5.32 Å². The summed E-state index contributed by atoms with van der Waals surface area (Å²) in [6, 6.07) is 5.26. The Balaban J connectivity index is 1.95. The first-order valence-electron chi connectivity index (χ1n) is 5.82. The normalized spacial score (nSPS) is 11.8. The van der Waals surface area contributed by atoms with Gasteiger partial charge in [0.1, 0.15) is 0 Å². The summed E-state index contributed by atoms with van der Waals surface area (Å²) in [7, 11) is -4.52. The van der Waals surface area contributed by atoms with Gasteiger partial charge in [-0.15, -0.1) is 0 Å². The van der Waals surface area contributed by atoms with E-state index in [1.807, 2.05) is 10.8 Å². The third kappa shape index (κ3) is 3.32. The van der Waals surface area contributed by atoms with E-state index in [1.165, 1.54) is 24.3 Å². The fraction of sp³-hybridized carbons (Fsp3) is 0.250. The number of rotatable bonds is 6. The fourth-order valence-corrected chi connectivity index (χ4v) is 2.33. The van der Waals surface area contributed by atoms with Crippen molar-refractivity contribution in [2.75, 3.05) is 11.9 Å². The molecule has 0 spiro atoms. The first-order valence-corrected chi connectivity index (χ1v) is 7.36. The van der Waals surface area contributed by atoms with Gasteiger partial charge in [0.15, 0.2) is 0 Å². The van der Waals surface area contributed by atoms with E-state index in [0.717, 1.165) is 0 Å². The van der Waals surface area contributed by atoms with Crippen molar-refractivity contribution < 1.29 is 17.2 Å². The summed E-state index contributed by atoms with van der Waals surface area (Å²) in [6.07, 6.45) is 5.17. The number of aromatic nitrogens is 2. The zero-order valence-electron chi connectivity index (χ0n) is 10.4. The van der Waals surface area contributed by atoms with Crippen molar-refractivity contribution in [2.24, 2.45) is 0 Å². The number of hydrogen-bond donors (Lipinski definition) is 1. The largest absolute Gasteiger partial charge is 0.383 e. The lowest BCUT2D eigenvalue weighted by Crippen LogP contribution is -2.12. The Morgan fingerprint density at radius 3 is 2.50 bits per heavy atom. The molecule has 0 aliphatic heterocycles. The Bertz CT molecular complexity index is 640. The molecule has 108 valence electrons. The van der Waals surface area contributed by atoms with E-state index < -0.39 is 15.6 Å². The maximum Gasteiger partial charge on any atom is 0.341 e. The van der Waals surface area contributed by atoms with E-state index in [2.05, 4.69) is 10.3 Å². The number of halogens is 2. The molecule has 0 radical (unpaired) electrons. The third-order valence-corrected chi connectivity index (χ3v) is 4.07. The van der Waals surface area contributed by atoms with Gasteiger partial charge in [-0.25, -0.2) is 13.4 Å². The highest BCUT2D eigenvalue weighted by atomic mass is 32.2. The summed E-state index contributed by atoms with van der Waals surface area (Å²) in [4.78, 5) is 3.52. The topological polar surface area (TPSA) is 64.0 Å². The minimum Gasteiger partial charge on any atom is -0.383 e. The van der Waals surface area contributed by atoms with Gasteiger partial charge in [0.2, 0.25) is 9.84 Å². The summed E-state index contributed by atoms with van der Waals surface area (Å²) in [5, 5.41) is 3.06. The highest BCUT2D eigenvalue weighted by Crippen LogP contribution is 2.20. The summed E-state index contributed by atoms with van der Waals surface area (Å²) in [5.74, 6) is -3.40. The highest BCUT2D eigenvalue weighted by Gasteiger charge is 2.26. The molecular weight excluding hydrogens is 288 g/mol. The van der Waals surface area contributed by atoms with Gasteiger partial charge in [-0.05, 0) is 24.3 Å². The van der Waals surface area contributed by atoms with Crippen LogP contribution in [-0.4, -0.2) is 30.3 Å². The Morgan fingerprint density at radius 2 is 1.95 bits per heavy atom. The molecule has 1 N–H and O–H groups in total. The number of nitrogens with zero attached hydrogens (tertiary/aromatic N) is 2. The average Bonchev–Trinajstić information content (AvgIpc) is 2.92. The zero-order valence-corrected chi connectivity index (χ0v) is 11.2. The van der Waals surface area contributed by atoms with Gasteiger partial charge in [0, 0.05) is 31.2 Å². The average molecular weight is 301 g/mol. The Morgan fingerprint density at radius 1 is 1.25 bits per heavy atom. The van der Waals surface area contributed by atoms with Gasteiger partial charge in [-0.3, -0.25) is 0 Å². The number of sulfone groups is 1. The van der Waals surface area contributed by atoms with Crippen molar-refractivity contribution in [3.8, 4) is 0 Å². The van der Waals surface area contributed by atoms with Gasteiger partial charge in [0.25, 0.3) is 0 Å². The molecule has 0 saturated heterocycles. The third-order valence-electron chi connectivity index (χ3n) is 2.68. The number of imidazole rings is 1. The molecule has 0 fully saturated rings. The highest BCUT2D eigenvalue weighted by molar-refractivity contribution is 7.91. The second-order valence-electron chi connectivity index (χ2n) is 4.06. The molecule has 0 saturated carbocycles. The molecule has 0 unspecified atom stereocenters.